The third-order valence-corrected chi connectivity index (χ3v) is 5.34. The molecule has 1 amide bonds. The van der Waals surface area contributed by atoms with Gasteiger partial charge in [0.25, 0.3) is 5.56 Å². The predicted octanol–water partition coefficient (Wildman–Crippen LogP) is 2.34. The summed E-state index contributed by atoms with van der Waals surface area (Å²) in [6.07, 6.45) is 3.56. The quantitative estimate of drug-likeness (QED) is 0.829. The van der Waals surface area contributed by atoms with Gasteiger partial charge in [0, 0.05) is 45.0 Å². The molecule has 3 rings (SSSR count). The van der Waals surface area contributed by atoms with Gasteiger partial charge in [0.1, 0.15) is 11.7 Å². The van der Waals surface area contributed by atoms with E-state index in [1.54, 1.807) is 23.9 Å². The fourth-order valence-corrected chi connectivity index (χ4v) is 3.82. The fourth-order valence-electron chi connectivity index (χ4n) is 3.82. The van der Waals surface area contributed by atoms with Crippen molar-refractivity contribution in [1.82, 2.24) is 19.8 Å². The summed E-state index contributed by atoms with van der Waals surface area (Å²) in [5.74, 6) is 0. The van der Waals surface area contributed by atoms with Crippen molar-refractivity contribution >= 4 is 17.1 Å². The van der Waals surface area contributed by atoms with Crippen molar-refractivity contribution in [1.29, 1.82) is 5.26 Å². The Balaban J connectivity index is 1.63. The van der Waals surface area contributed by atoms with Crippen LogP contribution in [0.25, 0.3) is 11.0 Å². The molecule has 1 saturated heterocycles. The lowest BCUT2D eigenvalue weighted by molar-refractivity contribution is 0.0479. The van der Waals surface area contributed by atoms with Crippen molar-refractivity contribution < 1.29 is 9.53 Å². The number of hydrogen-bond donors (Lipinski definition) is 1. The normalized spacial score (nSPS) is 15.7. The third-order valence-electron chi connectivity index (χ3n) is 5.34. The van der Waals surface area contributed by atoms with Crippen LogP contribution in [0.3, 0.4) is 0 Å². The molecule has 0 aromatic carbocycles. The highest BCUT2D eigenvalue weighted by atomic mass is 16.6. The number of rotatable bonds is 4. The number of ether oxygens (including phenoxy) is 1. The van der Waals surface area contributed by atoms with E-state index < -0.39 is 5.60 Å². The van der Waals surface area contributed by atoms with Gasteiger partial charge < -0.3 is 19.5 Å². The van der Waals surface area contributed by atoms with Gasteiger partial charge in [-0.3, -0.25) is 9.78 Å². The third kappa shape index (κ3) is 5.16. The van der Waals surface area contributed by atoms with Crippen LogP contribution in [0.15, 0.2) is 23.1 Å². The number of hydrogen-bond acceptors (Lipinski definition) is 6. The molecule has 0 aliphatic carbocycles. The van der Waals surface area contributed by atoms with Crippen LogP contribution in [0.1, 0.15) is 44.7 Å². The number of alkyl carbamates (subject to hydrolysis) is 1. The van der Waals surface area contributed by atoms with Crippen LogP contribution in [-0.2, 0) is 18.2 Å². The molecule has 8 nitrogen and oxygen atoms in total. The lowest BCUT2D eigenvalue weighted by Crippen LogP contribution is -2.46. The molecule has 0 spiro atoms. The maximum absolute atomic E-state index is 12.1. The number of pyridine rings is 2. The molecule has 160 valence electrons. The van der Waals surface area contributed by atoms with E-state index in [-0.39, 0.29) is 17.7 Å². The summed E-state index contributed by atoms with van der Waals surface area (Å²) in [6, 6.07) is 5.51. The summed E-state index contributed by atoms with van der Waals surface area (Å²) in [5, 5.41) is 12.5. The Labute approximate surface area is 176 Å². The largest absolute Gasteiger partial charge is 0.444 e. The summed E-state index contributed by atoms with van der Waals surface area (Å²) in [6.45, 7) is 8.03. The zero-order valence-corrected chi connectivity index (χ0v) is 18.1. The first kappa shape index (κ1) is 21.8. The lowest BCUT2D eigenvalue weighted by atomic mass is 10.0. The average molecular weight is 412 g/mol. The Morgan fingerprint density at radius 1 is 1.33 bits per heavy atom. The number of nitriles is 1. The van der Waals surface area contributed by atoms with Gasteiger partial charge in [-0.25, -0.2) is 4.79 Å². The number of aryl methyl sites for hydroxylation is 1. The Morgan fingerprint density at radius 3 is 2.67 bits per heavy atom. The van der Waals surface area contributed by atoms with Gasteiger partial charge in [-0.1, -0.05) is 0 Å². The van der Waals surface area contributed by atoms with Gasteiger partial charge in [0.15, 0.2) is 0 Å². The molecular formula is C22H29N5O3. The van der Waals surface area contributed by atoms with Crippen molar-refractivity contribution in [2.75, 3.05) is 19.6 Å². The predicted molar refractivity (Wildman–Crippen MR) is 114 cm³/mol. The molecule has 1 fully saturated rings. The number of fused-ring (bicyclic) bond motifs is 1. The summed E-state index contributed by atoms with van der Waals surface area (Å²) >= 11 is 0. The molecule has 0 saturated carbocycles. The molecule has 0 unspecified atom stereocenters. The molecule has 8 heteroatoms. The number of piperidine rings is 1. The first-order valence-electron chi connectivity index (χ1n) is 10.3. The average Bonchev–Trinajstić information content (AvgIpc) is 2.68. The van der Waals surface area contributed by atoms with E-state index in [4.69, 9.17) is 4.74 Å². The maximum Gasteiger partial charge on any atom is 0.407 e. The van der Waals surface area contributed by atoms with E-state index in [0.29, 0.717) is 17.5 Å². The number of aromatic nitrogens is 2. The van der Waals surface area contributed by atoms with Crippen LogP contribution in [0.4, 0.5) is 4.79 Å². The minimum absolute atomic E-state index is 0.105. The smallest absolute Gasteiger partial charge is 0.407 e. The molecular weight excluding hydrogens is 382 g/mol. The molecule has 2 aromatic heterocycles. The van der Waals surface area contributed by atoms with Crippen LogP contribution in [0, 0.1) is 11.3 Å². The molecule has 1 aliphatic heterocycles. The SMILES string of the molecule is Cn1c(=O)ccc2ncc(C#N)c(CCN3CCC(NC(=O)OC(C)(C)C)CC3)c21. The standard InChI is InChI=1S/C22H29N5O3/c1-22(2,3)30-21(29)25-16-7-10-27(11-8-16)12-9-17-15(13-23)14-24-18-5-6-19(28)26(4)20(17)18/h5-6,14,16H,7-12H2,1-4H3,(H,25,29). The van der Waals surface area contributed by atoms with Crippen molar-refractivity contribution in [2.45, 2.75) is 51.7 Å². The summed E-state index contributed by atoms with van der Waals surface area (Å²) < 4.78 is 6.90. The van der Waals surface area contributed by atoms with Gasteiger partial charge >= 0.3 is 6.09 Å². The fraction of sp³-hybridized carbons (Fsp3) is 0.545. The van der Waals surface area contributed by atoms with Crippen LogP contribution in [0.2, 0.25) is 0 Å². The molecule has 0 radical (unpaired) electrons. The van der Waals surface area contributed by atoms with E-state index in [1.165, 1.54) is 6.07 Å². The Kier molecular flexibility index (Phi) is 6.42. The minimum Gasteiger partial charge on any atom is -0.444 e. The minimum atomic E-state index is -0.503. The zero-order valence-electron chi connectivity index (χ0n) is 18.1. The number of carbonyl (C=O) groups excluding carboxylic acids is 1. The highest BCUT2D eigenvalue weighted by Gasteiger charge is 2.24. The second kappa shape index (κ2) is 8.84. The molecule has 30 heavy (non-hydrogen) atoms. The number of carbonyl (C=O) groups is 1. The van der Waals surface area contributed by atoms with E-state index >= 15 is 0 Å². The van der Waals surface area contributed by atoms with E-state index in [0.717, 1.165) is 43.6 Å². The molecule has 2 aromatic rings. The summed E-state index contributed by atoms with van der Waals surface area (Å²) in [7, 11) is 1.71. The van der Waals surface area contributed by atoms with Crippen LogP contribution >= 0.6 is 0 Å². The first-order chi connectivity index (χ1) is 14.2. The van der Waals surface area contributed by atoms with Gasteiger partial charge in [0.2, 0.25) is 0 Å². The molecule has 3 heterocycles. The highest BCUT2D eigenvalue weighted by molar-refractivity contribution is 5.80. The second-order valence-corrected chi connectivity index (χ2v) is 8.74. The Morgan fingerprint density at radius 2 is 2.03 bits per heavy atom. The monoisotopic (exact) mass is 411 g/mol. The summed E-state index contributed by atoms with van der Waals surface area (Å²) in [4.78, 5) is 30.7. The lowest BCUT2D eigenvalue weighted by Gasteiger charge is -2.33. The Bertz CT molecular complexity index is 1020. The number of nitrogens with one attached hydrogen (secondary N) is 1. The maximum atomic E-state index is 12.1. The van der Waals surface area contributed by atoms with Crippen LogP contribution in [0.5, 0.6) is 0 Å². The van der Waals surface area contributed by atoms with E-state index in [2.05, 4.69) is 21.3 Å². The highest BCUT2D eigenvalue weighted by Crippen LogP contribution is 2.20. The number of likely N-dealkylation sites (tertiary alicyclic amines) is 1. The Hall–Kier alpha value is -2.92. The van der Waals surface area contributed by atoms with Crippen LogP contribution in [-0.4, -0.2) is 51.8 Å². The first-order valence-corrected chi connectivity index (χ1v) is 10.3. The number of nitrogens with zero attached hydrogens (tertiary/aromatic N) is 4. The van der Waals surface area contributed by atoms with Crippen LogP contribution < -0.4 is 10.9 Å². The summed E-state index contributed by atoms with van der Waals surface area (Å²) in [5.41, 5.74) is 2.18. The molecule has 1 aliphatic rings. The molecule has 1 N–H and O–H groups in total. The van der Waals surface area contributed by atoms with Crippen molar-refractivity contribution in [3.8, 4) is 6.07 Å². The zero-order chi connectivity index (χ0) is 21.9. The second-order valence-electron chi connectivity index (χ2n) is 8.74. The van der Waals surface area contributed by atoms with Crippen molar-refractivity contribution in [2.24, 2.45) is 7.05 Å². The molecule has 0 bridgehead atoms. The van der Waals surface area contributed by atoms with Gasteiger partial charge in [-0.15, -0.1) is 0 Å². The van der Waals surface area contributed by atoms with Gasteiger partial charge in [0.05, 0.1) is 16.6 Å². The number of amides is 1. The molecule has 0 atom stereocenters. The van der Waals surface area contributed by atoms with E-state index in [9.17, 15) is 14.9 Å². The van der Waals surface area contributed by atoms with Gasteiger partial charge in [-0.05, 0) is 51.7 Å². The van der Waals surface area contributed by atoms with Crippen molar-refractivity contribution in [3.05, 3.63) is 39.8 Å². The van der Waals surface area contributed by atoms with E-state index in [1.807, 2.05) is 20.8 Å². The van der Waals surface area contributed by atoms with Crippen molar-refractivity contribution in [3.63, 3.8) is 0 Å². The topological polar surface area (TPSA) is 100 Å². The van der Waals surface area contributed by atoms with Gasteiger partial charge in [-0.2, -0.15) is 5.26 Å².